The van der Waals surface area contributed by atoms with Crippen LogP contribution in [0.3, 0.4) is 0 Å². The highest BCUT2D eigenvalue weighted by Crippen LogP contribution is 2.21. The molecule has 1 atom stereocenters. The lowest BCUT2D eigenvalue weighted by atomic mass is 10.1. The van der Waals surface area contributed by atoms with Crippen molar-refractivity contribution in [3.63, 3.8) is 0 Å². The lowest BCUT2D eigenvalue weighted by molar-refractivity contribution is -0.135. The molecule has 0 radical (unpaired) electrons. The van der Waals surface area contributed by atoms with Gasteiger partial charge in [0.25, 0.3) is 5.91 Å². The normalized spacial score (nSPS) is 17.5. The van der Waals surface area contributed by atoms with Gasteiger partial charge in [-0.25, -0.2) is 4.98 Å². The molecule has 0 spiro atoms. The van der Waals surface area contributed by atoms with E-state index in [9.17, 15) is 4.79 Å². The molecule has 23 heavy (non-hydrogen) atoms. The molecule has 1 saturated heterocycles. The number of hydrogen-bond acceptors (Lipinski definition) is 4. The molecule has 0 bridgehead atoms. The fraction of sp³-hybridized carbons (Fsp3) is 0.353. The van der Waals surface area contributed by atoms with Gasteiger partial charge in [-0.05, 0) is 37.1 Å². The predicted octanol–water partition coefficient (Wildman–Crippen LogP) is 2.00. The number of likely N-dealkylation sites (tertiary alicyclic amines) is 1. The fourth-order valence-electron chi connectivity index (χ4n) is 2.77. The van der Waals surface area contributed by atoms with Gasteiger partial charge in [0, 0.05) is 25.5 Å². The summed E-state index contributed by atoms with van der Waals surface area (Å²) in [5.41, 5.74) is 0.572. The van der Waals surface area contributed by atoms with Crippen LogP contribution in [0.5, 0.6) is 5.75 Å². The van der Waals surface area contributed by atoms with E-state index in [1.165, 1.54) is 0 Å². The van der Waals surface area contributed by atoms with Gasteiger partial charge in [0.2, 0.25) is 0 Å². The van der Waals surface area contributed by atoms with Crippen LogP contribution in [0.2, 0.25) is 0 Å². The zero-order valence-corrected chi connectivity index (χ0v) is 12.8. The molecule has 1 aliphatic heterocycles. The number of imidazole rings is 1. The van der Waals surface area contributed by atoms with Gasteiger partial charge in [0.15, 0.2) is 6.61 Å². The van der Waals surface area contributed by atoms with Crippen molar-refractivity contribution < 1.29 is 9.53 Å². The summed E-state index contributed by atoms with van der Waals surface area (Å²) in [5, 5.41) is 8.76. The van der Waals surface area contributed by atoms with E-state index in [1.807, 2.05) is 11.1 Å². The number of nitrogens with zero attached hydrogens (tertiary/aromatic N) is 4. The monoisotopic (exact) mass is 310 g/mol. The number of ether oxygens (including phenoxy) is 1. The summed E-state index contributed by atoms with van der Waals surface area (Å²) in [6.45, 7) is 1.47. The van der Waals surface area contributed by atoms with Crippen molar-refractivity contribution in [1.29, 1.82) is 5.26 Å². The van der Waals surface area contributed by atoms with Crippen LogP contribution in [-0.4, -0.2) is 40.1 Å². The average molecular weight is 310 g/mol. The number of hydrogen-bond donors (Lipinski definition) is 0. The fourth-order valence-corrected chi connectivity index (χ4v) is 2.77. The van der Waals surface area contributed by atoms with E-state index in [-0.39, 0.29) is 18.6 Å². The van der Waals surface area contributed by atoms with Crippen molar-refractivity contribution in [1.82, 2.24) is 14.5 Å². The van der Waals surface area contributed by atoms with E-state index in [0.717, 1.165) is 19.4 Å². The number of benzene rings is 1. The van der Waals surface area contributed by atoms with E-state index < -0.39 is 0 Å². The summed E-state index contributed by atoms with van der Waals surface area (Å²) >= 11 is 0. The number of amides is 1. The third-order valence-electron chi connectivity index (χ3n) is 4.04. The van der Waals surface area contributed by atoms with Crippen LogP contribution in [0.1, 0.15) is 24.4 Å². The van der Waals surface area contributed by atoms with Gasteiger partial charge in [-0.3, -0.25) is 4.79 Å². The highest BCUT2D eigenvalue weighted by atomic mass is 16.5. The smallest absolute Gasteiger partial charge is 0.260 e. The topological polar surface area (TPSA) is 71.2 Å². The Bertz CT molecular complexity index is 688. The molecule has 1 amide bonds. The first-order chi connectivity index (χ1) is 11.3. The van der Waals surface area contributed by atoms with Crippen LogP contribution in [0, 0.1) is 11.3 Å². The maximum atomic E-state index is 12.3. The zero-order valence-electron chi connectivity index (χ0n) is 12.8. The number of aromatic nitrogens is 2. The van der Waals surface area contributed by atoms with Crippen LogP contribution in [0.15, 0.2) is 43.0 Å². The Morgan fingerprint density at radius 1 is 1.39 bits per heavy atom. The Morgan fingerprint density at radius 3 is 2.91 bits per heavy atom. The molecule has 0 saturated carbocycles. The molecule has 118 valence electrons. The second-order valence-corrected chi connectivity index (χ2v) is 5.57. The number of piperidine rings is 1. The van der Waals surface area contributed by atoms with Crippen LogP contribution < -0.4 is 4.74 Å². The summed E-state index contributed by atoms with van der Waals surface area (Å²) in [7, 11) is 0. The third kappa shape index (κ3) is 3.69. The molecule has 0 unspecified atom stereocenters. The quantitative estimate of drug-likeness (QED) is 0.866. The second kappa shape index (κ2) is 6.97. The molecule has 1 aliphatic rings. The first kappa shape index (κ1) is 15.1. The molecule has 6 nitrogen and oxygen atoms in total. The van der Waals surface area contributed by atoms with E-state index in [0.29, 0.717) is 17.9 Å². The summed E-state index contributed by atoms with van der Waals surface area (Å²) in [4.78, 5) is 18.2. The standard InChI is InChI=1S/C17H18N4O2/c18-10-14-3-5-16(6-4-14)23-12-17(22)20-8-1-2-15(11-20)21-9-7-19-13-21/h3-7,9,13,15H,1-2,8,11-12H2/t15-/m1/s1. The first-order valence-electron chi connectivity index (χ1n) is 7.64. The lowest BCUT2D eigenvalue weighted by Gasteiger charge is -2.33. The van der Waals surface area contributed by atoms with E-state index in [1.54, 1.807) is 36.8 Å². The highest BCUT2D eigenvalue weighted by Gasteiger charge is 2.24. The largest absolute Gasteiger partial charge is 0.484 e. The van der Waals surface area contributed by atoms with Gasteiger partial charge in [-0.2, -0.15) is 5.26 Å². The minimum Gasteiger partial charge on any atom is -0.484 e. The summed E-state index contributed by atoms with van der Waals surface area (Å²) in [6, 6.07) is 9.10. The third-order valence-corrected chi connectivity index (χ3v) is 4.04. The van der Waals surface area contributed by atoms with Crippen molar-refractivity contribution in [3.8, 4) is 11.8 Å². The molecule has 1 aromatic heterocycles. The SMILES string of the molecule is N#Cc1ccc(OCC(=O)N2CCC[C@@H](n3ccnc3)C2)cc1. The Labute approximate surface area is 134 Å². The number of carbonyl (C=O) groups is 1. The van der Waals surface area contributed by atoms with Gasteiger partial charge in [0.1, 0.15) is 5.75 Å². The molecule has 1 aromatic carbocycles. The predicted molar refractivity (Wildman–Crippen MR) is 83.7 cm³/mol. The maximum Gasteiger partial charge on any atom is 0.260 e. The van der Waals surface area contributed by atoms with E-state index >= 15 is 0 Å². The van der Waals surface area contributed by atoms with Gasteiger partial charge in [-0.15, -0.1) is 0 Å². The van der Waals surface area contributed by atoms with E-state index in [2.05, 4.69) is 15.6 Å². The zero-order chi connectivity index (χ0) is 16.1. The van der Waals surface area contributed by atoms with Crippen LogP contribution in [-0.2, 0) is 4.79 Å². The van der Waals surface area contributed by atoms with Gasteiger partial charge in [-0.1, -0.05) is 0 Å². The van der Waals surface area contributed by atoms with Crippen molar-refractivity contribution >= 4 is 5.91 Å². The van der Waals surface area contributed by atoms with Crippen molar-refractivity contribution in [2.24, 2.45) is 0 Å². The number of rotatable bonds is 4. The van der Waals surface area contributed by atoms with Gasteiger partial charge < -0.3 is 14.2 Å². The number of nitriles is 1. The molecule has 0 N–H and O–H groups in total. The summed E-state index contributed by atoms with van der Waals surface area (Å²) in [6.07, 6.45) is 7.52. The van der Waals surface area contributed by atoms with Crippen LogP contribution >= 0.6 is 0 Å². The van der Waals surface area contributed by atoms with Crippen LogP contribution in [0.4, 0.5) is 0 Å². The molecule has 3 rings (SSSR count). The van der Waals surface area contributed by atoms with E-state index in [4.69, 9.17) is 10.00 Å². The molecular formula is C17H18N4O2. The molecule has 2 heterocycles. The second-order valence-electron chi connectivity index (χ2n) is 5.57. The van der Waals surface area contributed by atoms with Crippen molar-refractivity contribution in [2.75, 3.05) is 19.7 Å². The minimum absolute atomic E-state index is 0.0147. The maximum absolute atomic E-state index is 12.3. The Kier molecular flexibility index (Phi) is 4.57. The average Bonchev–Trinajstić information content (AvgIpc) is 3.15. The Balaban J connectivity index is 1.54. The lowest BCUT2D eigenvalue weighted by Crippen LogP contribution is -2.42. The van der Waals surface area contributed by atoms with Crippen LogP contribution in [0.25, 0.3) is 0 Å². The Hall–Kier alpha value is -2.81. The van der Waals surface area contributed by atoms with Gasteiger partial charge >= 0.3 is 0 Å². The summed E-state index contributed by atoms with van der Waals surface area (Å²) in [5.74, 6) is 0.583. The first-order valence-corrected chi connectivity index (χ1v) is 7.64. The molecule has 2 aromatic rings. The van der Waals surface area contributed by atoms with Crippen molar-refractivity contribution in [2.45, 2.75) is 18.9 Å². The highest BCUT2D eigenvalue weighted by molar-refractivity contribution is 5.77. The van der Waals surface area contributed by atoms with Gasteiger partial charge in [0.05, 0.1) is 24.0 Å². The molecular weight excluding hydrogens is 292 g/mol. The molecule has 1 fully saturated rings. The van der Waals surface area contributed by atoms with Crippen molar-refractivity contribution in [3.05, 3.63) is 48.5 Å². The minimum atomic E-state index is -0.0147. The Morgan fingerprint density at radius 2 is 2.22 bits per heavy atom. The molecule has 6 heteroatoms. The molecule has 0 aliphatic carbocycles. The summed E-state index contributed by atoms with van der Waals surface area (Å²) < 4.78 is 7.58. The number of carbonyl (C=O) groups excluding carboxylic acids is 1.